The van der Waals surface area contributed by atoms with Crippen molar-refractivity contribution in [2.45, 2.75) is 33.4 Å². The minimum absolute atomic E-state index is 0.550. The second-order valence-electron chi connectivity index (χ2n) is 5.29. The summed E-state index contributed by atoms with van der Waals surface area (Å²) in [5.41, 5.74) is 1.04. The molecular formula is C16H27ClN4. The Morgan fingerprint density at radius 3 is 2.62 bits per heavy atom. The molecule has 0 saturated carbocycles. The van der Waals surface area contributed by atoms with E-state index >= 15 is 0 Å². The third-order valence-corrected chi connectivity index (χ3v) is 3.72. The van der Waals surface area contributed by atoms with Crippen molar-refractivity contribution in [3.05, 3.63) is 34.9 Å². The van der Waals surface area contributed by atoms with E-state index in [1.54, 1.807) is 0 Å². The summed E-state index contributed by atoms with van der Waals surface area (Å²) in [5.74, 6) is 0.828. The van der Waals surface area contributed by atoms with E-state index in [9.17, 15) is 0 Å². The Balaban J connectivity index is 2.52. The lowest BCUT2D eigenvalue weighted by molar-refractivity contribution is 0.278. The zero-order chi connectivity index (χ0) is 15.7. The summed E-state index contributed by atoms with van der Waals surface area (Å²) >= 11 is 6.15. The van der Waals surface area contributed by atoms with Gasteiger partial charge in [0.15, 0.2) is 5.96 Å². The molecule has 0 saturated heterocycles. The molecule has 4 nitrogen and oxygen atoms in total. The number of aliphatic imine (C=N–C) groups is 1. The SMILES string of the molecule is CCNC(=NCc1ccccc1Cl)NCCN(C)C(C)C. The molecule has 5 heteroatoms. The molecule has 1 rings (SSSR count). The Hall–Kier alpha value is -1.26. The second-order valence-corrected chi connectivity index (χ2v) is 5.69. The molecule has 0 aliphatic carbocycles. The summed E-state index contributed by atoms with van der Waals surface area (Å²) in [6, 6.07) is 8.36. The van der Waals surface area contributed by atoms with Gasteiger partial charge in [0.2, 0.25) is 0 Å². The van der Waals surface area contributed by atoms with Crippen LogP contribution >= 0.6 is 11.6 Å². The van der Waals surface area contributed by atoms with Gasteiger partial charge in [0, 0.05) is 30.7 Å². The molecule has 0 aliphatic rings. The average Bonchev–Trinajstić information content (AvgIpc) is 2.45. The van der Waals surface area contributed by atoms with Gasteiger partial charge in [-0.05, 0) is 39.4 Å². The maximum Gasteiger partial charge on any atom is 0.191 e. The van der Waals surface area contributed by atoms with Gasteiger partial charge < -0.3 is 15.5 Å². The standard InChI is InChI=1S/C16H27ClN4/c1-5-18-16(19-10-11-21(4)13(2)3)20-12-14-8-6-7-9-15(14)17/h6-9,13H,5,10-12H2,1-4H3,(H2,18,19,20). The van der Waals surface area contributed by atoms with Gasteiger partial charge in [-0.1, -0.05) is 29.8 Å². The Bertz CT molecular complexity index is 446. The molecular weight excluding hydrogens is 284 g/mol. The second kappa shape index (κ2) is 9.64. The predicted octanol–water partition coefficient (Wildman–Crippen LogP) is 2.74. The van der Waals surface area contributed by atoms with Crippen molar-refractivity contribution < 1.29 is 0 Å². The van der Waals surface area contributed by atoms with Crippen LogP contribution in [-0.4, -0.2) is 43.6 Å². The molecule has 0 atom stereocenters. The van der Waals surface area contributed by atoms with Gasteiger partial charge in [-0.25, -0.2) is 4.99 Å². The van der Waals surface area contributed by atoms with Crippen LogP contribution in [0.2, 0.25) is 5.02 Å². The van der Waals surface area contributed by atoms with E-state index in [-0.39, 0.29) is 0 Å². The predicted molar refractivity (Wildman–Crippen MR) is 92.0 cm³/mol. The fourth-order valence-corrected chi connectivity index (χ4v) is 1.94. The van der Waals surface area contributed by atoms with Gasteiger partial charge in [-0.15, -0.1) is 0 Å². The van der Waals surface area contributed by atoms with Crippen molar-refractivity contribution in [2.75, 3.05) is 26.7 Å². The highest BCUT2D eigenvalue weighted by Crippen LogP contribution is 2.15. The summed E-state index contributed by atoms with van der Waals surface area (Å²) in [6.45, 7) is 9.71. The van der Waals surface area contributed by atoms with E-state index in [1.165, 1.54) is 0 Å². The van der Waals surface area contributed by atoms with Crippen LogP contribution in [0, 0.1) is 0 Å². The average molecular weight is 311 g/mol. The van der Waals surface area contributed by atoms with E-state index in [0.29, 0.717) is 12.6 Å². The number of nitrogens with one attached hydrogen (secondary N) is 2. The molecule has 0 bridgehead atoms. The first-order chi connectivity index (χ1) is 10.0. The highest BCUT2D eigenvalue weighted by atomic mass is 35.5. The number of likely N-dealkylation sites (N-methyl/N-ethyl adjacent to an activating group) is 1. The fourth-order valence-electron chi connectivity index (χ4n) is 1.74. The maximum atomic E-state index is 6.15. The first kappa shape index (κ1) is 17.8. The quantitative estimate of drug-likeness (QED) is 0.601. The topological polar surface area (TPSA) is 39.7 Å². The van der Waals surface area contributed by atoms with Crippen LogP contribution in [0.4, 0.5) is 0 Å². The van der Waals surface area contributed by atoms with Crippen molar-refractivity contribution in [1.29, 1.82) is 0 Å². The monoisotopic (exact) mass is 310 g/mol. The Kier molecular flexibility index (Phi) is 8.16. The Labute approximate surface area is 133 Å². The number of guanidine groups is 1. The Morgan fingerprint density at radius 1 is 1.29 bits per heavy atom. The van der Waals surface area contributed by atoms with E-state index in [1.807, 2.05) is 24.3 Å². The van der Waals surface area contributed by atoms with Gasteiger partial charge >= 0.3 is 0 Å². The smallest absolute Gasteiger partial charge is 0.191 e. The van der Waals surface area contributed by atoms with Gasteiger partial charge in [0.05, 0.1) is 6.54 Å². The summed E-state index contributed by atoms with van der Waals surface area (Å²) in [4.78, 5) is 6.87. The molecule has 0 spiro atoms. The van der Waals surface area contributed by atoms with Gasteiger partial charge in [0.25, 0.3) is 0 Å². The molecule has 118 valence electrons. The number of rotatable bonds is 7. The van der Waals surface area contributed by atoms with E-state index in [0.717, 1.165) is 36.2 Å². The maximum absolute atomic E-state index is 6.15. The number of halogens is 1. The largest absolute Gasteiger partial charge is 0.357 e. The molecule has 1 aromatic carbocycles. The zero-order valence-electron chi connectivity index (χ0n) is 13.5. The molecule has 0 radical (unpaired) electrons. The fraction of sp³-hybridized carbons (Fsp3) is 0.562. The van der Waals surface area contributed by atoms with Crippen molar-refractivity contribution >= 4 is 17.6 Å². The minimum Gasteiger partial charge on any atom is -0.357 e. The molecule has 0 amide bonds. The van der Waals surface area contributed by atoms with Crippen LogP contribution in [0.5, 0.6) is 0 Å². The van der Waals surface area contributed by atoms with Crippen LogP contribution < -0.4 is 10.6 Å². The number of hydrogen-bond acceptors (Lipinski definition) is 2. The Morgan fingerprint density at radius 2 is 2.00 bits per heavy atom. The third kappa shape index (κ3) is 6.82. The van der Waals surface area contributed by atoms with Crippen LogP contribution in [0.25, 0.3) is 0 Å². The molecule has 21 heavy (non-hydrogen) atoms. The van der Waals surface area contributed by atoms with Gasteiger partial charge in [0.1, 0.15) is 0 Å². The summed E-state index contributed by atoms with van der Waals surface area (Å²) in [6.07, 6.45) is 0. The van der Waals surface area contributed by atoms with Crippen molar-refractivity contribution in [3.8, 4) is 0 Å². The van der Waals surface area contributed by atoms with Gasteiger partial charge in [-0.2, -0.15) is 0 Å². The molecule has 0 aliphatic heterocycles. The first-order valence-electron chi connectivity index (χ1n) is 7.50. The minimum atomic E-state index is 0.550. The number of nitrogens with zero attached hydrogens (tertiary/aromatic N) is 2. The zero-order valence-corrected chi connectivity index (χ0v) is 14.2. The molecule has 1 aromatic rings. The van der Waals surface area contributed by atoms with E-state index in [4.69, 9.17) is 11.6 Å². The highest BCUT2D eigenvalue weighted by molar-refractivity contribution is 6.31. The molecule has 0 heterocycles. The van der Waals surface area contributed by atoms with Gasteiger partial charge in [-0.3, -0.25) is 0 Å². The van der Waals surface area contributed by atoms with Crippen LogP contribution in [-0.2, 0) is 6.54 Å². The lowest BCUT2D eigenvalue weighted by Crippen LogP contribution is -2.42. The first-order valence-corrected chi connectivity index (χ1v) is 7.88. The third-order valence-electron chi connectivity index (χ3n) is 3.35. The molecule has 2 N–H and O–H groups in total. The lowest BCUT2D eigenvalue weighted by atomic mass is 10.2. The summed E-state index contributed by atoms with van der Waals surface area (Å²) in [5, 5.41) is 7.36. The summed E-state index contributed by atoms with van der Waals surface area (Å²) in [7, 11) is 2.13. The van der Waals surface area contributed by atoms with Crippen LogP contribution in [0.3, 0.4) is 0 Å². The van der Waals surface area contributed by atoms with Crippen molar-refractivity contribution in [2.24, 2.45) is 4.99 Å². The van der Waals surface area contributed by atoms with Crippen molar-refractivity contribution in [3.63, 3.8) is 0 Å². The highest BCUT2D eigenvalue weighted by Gasteiger charge is 2.04. The van der Waals surface area contributed by atoms with Crippen molar-refractivity contribution in [1.82, 2.24) is 15.5 Å². The lowest BCUT2D eigenvalue weighted by Gasteiger charge is -2.21. The molecule has 0 aromatic heterocycles. The number of benzene rings is 1. The normalized spacial score (nSPS) is 12.0. The molecule has 0 unspecified atom stereocenters. The van der Waals surface area contributed by atoms with E-state index in [2.05, 4.69) is 48.3 Å². The van der Waals surface area contributed by atoms with E-state index < -0.39 is 0 Å². The number of hydrogen-bond donors (Lipinski definition) is 2. The van der Waals surface area contributed by atoms with Crippen LogP contribution in [0.15, 0.2) is 29.3 Å². The van der Waals surface area contributed by atoms with Crippen LogP contribution in [0.1, 0.15) is 26.3 Å². The summed E-state index contributed by atoms with van der Waals surface area (Å²) < 4.78 is 0. The molecule has 0 fully saturated rings.